The fourth-order valence-corrected chi connectivity index (χ4v) is 1.84. The first-order chi connectivity index (χ1) is 7.87. The monoisotopic (exact) mass is 236 g/mol. The molecule has 1 rings (SSSR count). The second kappa shape index (κ2) is 5.54. The fourth-order valence-electron chi connectivity index (χ4n) is 1.84. The lowest BCUT2D eigenvalue weighted by Gasteiger charge is -2.30. The molecule has 1 aromatic rings. The van der Waals surface area contributed by atoms with E-state index in [2.05, 4.69) is 13.8 Å². The normalized spacial score (nSPS) is 16.6. The van der Waals surface area contributed by atoms with Gasteiger partial charge in [0.05, 0.1) is 11.7 Å². The summed E-state index contributed by atoms with van der Waals surface area (Å²) in [5.41, 5.74) is 0.121. The van der Waals surface area contributed by atoms with Crippen LogP contribution < -0.4 is 4.74 Å². The van der Waals surface area contributed by atoms with E-state index in [0.717, 1.165) is 17.7 Å². The van der Waals surface area contributed by atoms with Gasteiger partial charge in [0.25, 0.3) is 0 Å². The molecule has 1 aromatic carbocycles. The largest absolute Gasteiger partial charge is 0.491 e. The molecule has 0 saturated carbocycles. The predicted octanol–water partition coefficient (Wildman–Crippen LogP) is 3.73. The third kappa shape index (κ3) is 3.47. The Kier molecular flexibility index (Phi) is 4.58. The molecule has 2 atom stereocenters. The van der Waals surface area contributed by atoms with Crippen molar-refractivity contribution < 1.29 is 9.84 Å². The van der Waals surface area contributed by atoms with Gasteiger partial charge in [-0.3, -0.25) is 0 Å². The van der Waals surface area contributed by atoms with Gasteiger partial charge in [-0.05, 0) is 44.4 Å². The summed E-state index contributed by atoms with van der Waals surface area (Å²) in [6.07, 6.45) is 1.10. The Morgan fingerprint density at radius 2 is 1.94 bits per heavy atom. The molecule has 17 heavy (non-hydrogen) atoms. The Balaban J connectivity index is 2.98. The Labute approximate surface area is 105 Å². The maximum absolute atomic E-state index is 10.6. The van der Waals surface area contributed by atoms with Gasteiger partial charge < -0.3 is 9.84 Å². The van der Waals surface area contributed by atoms with Gasteiger partial charge in [-0.15, -0.1) is 0 Å². The maximum Gasteiger partial charge on any atom is 0.120 e. The third-order valence-electron chi connectivity index (χ3n) is 3.36. The smallest absolute Gasteiger partial charge is 0.120 e. The van der Waals surface area contributed by atoms with E-state index in [1.807, 2.05) is 45.0 Å². The summed E-state index contributed by atoms with van der Waals surface area (Å²) in [5, 5.41) is 10.6. The van der Waals surface area contributed by atoms with Crippen LogP contribution in [0.3, 0.4) is 0 Å². The lowest BCUT2D eigenvalue weighted by atomic mass is 9.82. The van der Waals surface area contributed by atoms with Crippen LogP contribution in [0.1, 0.15) is 46.6 Å². The standard InChI is InChI=1S/C15H24O2/c1-6-12(4)15(5,16)13-8-7-9-14(10-13)17-11(2)3/h7-12,16H,6H2,1-5H3. The molecule has 96 valence electrons. The quantitative estimate of drug-likeness (QED) is 0.844. The first-order valence-corrected chi connectivity index (χ1v) is 6.37. The molecule has 0 radical (unpaired) electrons. The van der Waals surface area contributed by atoms with Crippen molar-refractivity contribution in [3.05, 3.63) is 29.8 Å². The van der Waals surface area contributed by atoms with E-state index < -0.39 is 5.60 Å². The highest BCUT2D eigenvalue weighted by Crippen LogP contribution is 2.33. The molecule has 0 spiro atoms. The van der Waals surface area contributed by atoms with Gasteiger partial charge in [-0.25, -0.2) is 0 Å². The summed E-state index contributed by atoms with van der Waals surface area (Å²) in [6, 6.07) is 7.76. The summed E-state index contributed by atoms with van der Waals surface area (Å²) >= 11 is 0. The van der Waals surface area contributed by atoms with Crippen molar-refractivity contribution in [1.29, 1.82) is 0 Å². The van der Waals surface area contributed by atoms with Crippen molar-refractivity contribution in [2.45, 2.75) is 52.7 Å². The molecule has 2 unspecified atom stereocenters. The van der Waals surface area contributed by atoms with E-state index in [1.54, 1.807) is 0 Å². The average Bonchev–Trinajstić information content (AvgIpc) is 2.27. The lowest BCUT2D eigenvalue weighted by Crippen LogP contribution is -2.29. The molecule has 0 bridgehead atoms. The number of benzene rings is 1. The Hall–Kier alpha value is -1.02. The first kappa shape index (κ1) is 14.0. The highest BCUT2D eigenvalue weighted by atomic mass is 16.5. The molecule has 1 N–H and O–H groups in total. The summed E-state index contributed by atoms with van der Waals surface area (Å²) in [4.78, 5) is 0. The van der Waals surface area contributed by atoms with Crippen molar-refractivity contribution in [3.63, 3.8) is 0 Å². The van der Waals surface area contributed by atoms with Crippen molar-refractivity contribution in [1.82, 2.24) is 0 Å². The molecule has 2 heteroatoms. The van der Waals surface area contributed by atoms with E-state index in [9.17, 15) is 5.11 Å². The third-order valence-corrected chi connectivity index (χ3v) is 3.36. The number of hydrogen-bond donors (Lipinski definition) is 1. The van der Waals surface area contributed by atoms with Gasteiger partial charge in [0.2, 0.25) is 0 Å². The van der Waals surface area contributed by atoms with Crippen molar-refractivity contribution >= 4 is 0 Å². The minimum Gasteiger partial charge on any atom is -0.491 e. The van der Waals surface area contributed by atoms with E-state index in [-0.39, 0.29) is 12.0 Å². The molecule has 2 nitrogen and oxygen atoms in total. The second-order valence-corrected chi connectivity index (χ2v) is 5.15. The summed E-state index contributed by atoms with van der Waals surface area (Å²) in [7, 11) is 0. The van der Waals surface area contributed by atoms with E-state index >= 15 is 0 Å². The molecular weight excluding hydrogens is 212 g/mol. The van der Waals surface area contributed by atoms with Crippen molar-refractivity contribution in [3.8, 4) is 5.75 Å². The SMILES string of the molecule is CCC(C)C(C)(O)c1cccc(OC(C)C)c1. The molecule has 0 aliphatic heterocycles. The molecule has 0 aromatic heterocycles. The summed E-state index contributed by atoms with van der Waals surface area (Å²) in [6.45, 7) is 10.0. The van der Waals surface area contributed by atoms with Crippen molar-refractivity contribution in [2.75, 3.05) is 0 Å². The Bertz CT molecular complexity index is 356. The first-order valence-electron chi connectivity index (χ1n) is 6.37. The van der Waals surface area contributed by atoms with E-state index in [0.29, 0.717) is 0 Å². The zero-order chi connectivity index (χ0) is 13.1. The molecule has 0 fully saturated rings. The topological polar surface area (TPSA) is 29.5 Å². The van der Waals surface area contributed by atoms with Gasteiger partial charge in [-0.2, -0.15) is 0 Å². The minimum atomic E-state index is -0.800. The van der Waals surface area contributed by atoms with Crippen LogP contribution in [0, 0.1) is 5.92 Å². The zero-order valence-electron chi connectivity index (χ0n) is 11.5. The fraction of sp³-hybridized carbons (Fsp3) is 0.600. The predicted molar refractivity (Wildman–Crippen MR) is 71.2 cm³/mol. The number of ether oxygens (including phenoxy) is 1. The minimum absolute atomic E-state index is 0.152. The Morgan fingerprint density at radius 1 is 1.29 bits per heavy atom. The van der Waals surface area contributed by atoms with Gasteiger partial charge in [0.1, 0.15) is 5.75 Å². The van der Waals surface area contributed by atoms with Gasteiger partial charge in [0.15, 0.2) is 0 Å². The lowest BCUT2D eigenvalue weighted by molar-refractivity contribution is -0.000251. The van der Waals surface area contributed by atoms with Crippen LogP contribution in [0.5, 0.6) is 5.75 Å². The summed E-state index contributed by atoms with van der Waals surface area (Å²) in [5.74, 6) is 1.04. The van der Waals surface area contributed by atoms with Crippen LogP contribution >= 0.6 is 0 Å². The molecule has 0 amide bonds. The zero-order valence-corrected chi connectivity index (χ0v) is 11.5. The molecule has 0 saturated heterocycles. The van der Waals surface area contributed by atoms with E-state index in [1.165, 1.54) is 0 Å². The van der Waals surface area contributed by atoms with Crippen LogP contribution in [-0.2, 0) is 5.60 Å². The number of aliphatic hydroxyl groups is 1. The average molecular weight is 236 g/mol. The maximum atomic E-state index is 10.6. The van der Waals surface area contributed by atoms with Gasteiger partial charge >= 0.3 is 0 Å². The molecule has 0 aliphatic rings. The molecule has 0 heterocycles. The summed E-state index contributed by atoms with van der Waals surface area (Å²) < 4.78 is 5.65. The highest BCUT2D eigenvalue weighted by Gasteiger charge is 2.29. The number of hydrogen-bond acceptors (Lipinski definition) is 2. The van der Waals surface area contributed by atoms with Gasteiger partial charge in [0, 0.05) is 0 Å². The van der Waals surface area contributed by atoms with Crippen LogP contribution in [0.15, 0.2) is 24.3 Å². The second-order valence-electron chi connectivity index (χ2n) is 5.15. The van der Waals surface area contributed by atoms with Crippen LogP contribution in [0.4, 0.5) is 0 Å². The van der Waals surface area contributed by atoms with Crippen LogP contribution in [0.25, 0.3) is 0 Å². The van der Waals surface area contributed by atoms with Crippen molar-refractivity contribution in [2.24, 2.45) is 5.92 Å². The van der Waals surface area contributed by atoms with Gasteiger partial charge in [-0.1, -0.05) is 32.4 Å². The molecular formula is C15H24O2. The number of rotatable bonds is 5. The Morgan fingerprint density at radius 3 is 2.47 bits per heavy atom. The molecule has 0 aliphatic carbocycles. The van der Waals surface area contributed by atoms with Crippen LogP contribution in [0.2, 0.25) is 0 Å². The van der Waals surface area contributed by atoms with E-state index in [4.69, 9.17) is 4.74 Å². The highest BCUT2D eigenvalue weighted by molar-refractivity contribution is 5.32. The van der Waals surface area contributed by atoms with Crippen LogP contribution in [-0.4, -0.2) is 11.2 Å².